The molecule has 4 rings (SSSR count). The van der Waals surface area contributed by atoms with Crippen molar-refractivity contribution >= 4 is 22.7 Å². The van der Waals surface area contributed by atoms with Crippen molar-refractivity contribution in [2.75, 3.05) is 13.1 Å². The molecular formula is C19H19FN6O2. The molecule has 0 bridgehead atoms. The molecule has 0 spiro atoms. The Morgan fingerprint density at radius 3 is 2.68 bits per heavy atom. The normalized spacial score (nSPS) is 16.5. The van der Waals surface area contributed by atoms with Crippen LogP contribution in [0.4, 0.5) is 4.39 Å². The van der Waals surface area contributed by atoms with Crippen molar-refractivity contribution in [3.63, 3.8) is 0 Å². The van der Waals surface area contributed by atoms with E-state index < -0.39 is 0 Å². The summed E-state index contributed by atoms with van der Waals surface area (Å²) in [6.45, 7) is 4.48. The Balaban J connectivity index is 1.52. The maximum absolute atomic E-state index is 13.6. The highest BCUT2D eigenvalue weighted by molar-refractivity contribution is 5.94. The zero-order valence-electron chi connectivity index (χ0n) is 15.5. The van der Waals surface area contributed by atoms with Gasteiger partial charge < -0.3 is 10.2 Å². The Bertz CT molecular complexity index is 1060. The van der Waals surface area contributed by atoms with Crippen LogP contribution in [0.25, 0.3) is 16.9 Å². The van der Waals surface area contributed by atoms with Gasteiger partial charge in [0.25, 0.3) is 11.9 Å². The molecule has 1 aromatic carbocycles. The number of rotatable bonds is 3. The van der Waals surface area contributed by atoms with Gasteiger partial charge in [-0.25, -0.2) is 14.4 Å². The van der Waals surface area contributed by atoms with Gasteiger partial charge in [0.05, 0.1) is 16.8 Å². The summed E-state index contributed by atoms with van der Waals surface area (Å²) in [6.07, 6.45) is 3.55. The molecule has 28 heavy (non-hydrogen) atoms. The van der Waals surface area contributed by atoms with Crippen molar-refractivity contribution in [3.8, 4) is 5.95 Å². The summed E-state index contributed by atoms with van der Waals surface area (Å²) < 4.78 is 15.1. The van der Waals surface area contributed by atoms with Gasteiger partial charge in [-0.2, -0.15) is 9.78 Å². The lowest BCUT2D eigenvalue weighted by molar-refractivity contribution is -0.127. The van der Waals surface area contributed by atoms with Gasteiger partial charge in [0.2, 0.25) is 5.91 Å². The van der Waals surface area contributed by atoms with Gasteiger partial charge in [0.1, 0.15) is 5.82 Å². The van der Waals surface area contributed by atoms with E-state index in [1.54, 1.807) is 11.0 Å². The van der Waals surface area contributed by atoms with E-state index in [-0.39, 0.29) is 29.6 Å². The van der Waals surface area contributed by atoms with Gasteiger partial charge in [-0.15, -0.1) is 0 Å². The molecule has 1 saturated heterocycles. The van der Waals surface area contributed by atoms with E-state index in [4.69, 9.17) is 0 Å². The van der Waals surface area contributed by atoms with Crippen molar-refractivity contribution in [1.82, 2.24) is 30.0 Å². The topological polar surface area (TPSA) is 93.0 Å². The molecule has 1 fully saturated rings. The first kappa shape index (κ1) is 18.0. The lowest BCUT2D eigenvalue weighted by Gasteiger charge is -2.15. The van der Waals surface area contributed by atoms with E-state index in [0.29, 0.717) is 30.6 Å². The van der Waals surface area contributed by atoms with Gasteiger partial charge in [-0.1, -0.05) is 0 Å². The molecule has 1 aliphatic heterocycles. The van der Waals surface area contributed by atoms with E-state index in [1.165, 1.54) is 36.1 Å². The molecule has 3 aromatic rings. The molecule has 9 heteroatoms. The molecule has 0 aliphatic carbocycles. The molecule has 0 saturated carbocycles. The fourth-order valence-electron chi connectivity index (χ4n) is 3.38. The number of nitrogens with one attached hydrogen (secondary N) is 1. The van der Waals surface area contributed by atoms with Crippen molar-refractivity contribution in [2.24, 2.45) is 0 Å². The number of amides is 2. The standard InChI is InChI=1S/C19H19FN6O2/c1-11-16-4-3-14(20)7-17(16)26(24-11)19-21-8-13(9-22-19)18(28)23-15-5-6-25(10-15)12(2)27/h3-4,7-9,15H,5-6,10H2,1-2H3,(H,23,28)/t15-/m0/s1. The monoisotopic (exact) mass is 382 g/mol. The average Bonchev–Trinajstić information content (AvgIpc) is 3.26. The highest BCUT2D eigenvalue weighted by Crippen LogP contribution is 2.21. The number of carbonyl (C=O) groups excluding carboxylic acids is 2. The molecule has 0 radical (unpaired) electrons. The number of carbonyl (C=O) groups is 2. The predicted octanol–water partition coefficient (Wildman–Crippen LogP) is 1.61. The average molecular weight is 382 g/mol. The van der Waals surface area contributed by atoms with Crippen LogP contribution in [0.1, 0.15) is 29.4 Å². The summed E-state index contributed by atoms with van der Waals surface area (Å²) in [6, 6.07) is 4.33. The molecule has 144 valence electrons. The SMILES string of the molecule is CC(=O)N1CC[C@H](NC(=O)c2cnc(-n3nc(C)c4ccc(F)cc43)nc2)C1. The minimum absolute atomic E-state index is 0.00242. The summed E-state index contributed by atoms with van der Waals surface area (Å²) in [5, 5.41) is 8.07. The molecule has 3 heterocycles. The Morgan fingerprint density at radius 1 is 1.25 bits per heavy atom. The van der Waals surface area contributed by atoms with Crippen molar-refractivity contribution in [1.29, 1.82) is 0 Å². The summed E-state index contributed by atoms with van der Waals surface area (Å²) in [5.74, 6) is -0.415. The minimum atomic E-state index is -0.374. The lowest BCUT2D eigenvalue weighted by atomic mass is 10.2. The Labute approximate surface area is 160 Å². The lowest BCUT2D eigenvalue weighted by Crippen LogP contribution is -2.38. The van der Waals surface area contributed by atoms with Crippen LogP contribution >= 0.6 is 0 Å². The van der Waals surface area contributed by atoms with Crippen LogP contribution < -0.4 is 5.32 Å². The van der Waals surface area contributed by atoms with Gasteiger partial charge >= 0.3 is 0 Å². The van der Waals surface area contributed by atoms with Gasteiger partial charge in [-0.3, -0.25) is 9.59 Å². The largest absolute Gasteiger partial charge is 0.347 e. The first-order valence-electron chi connectivity index (χ1n) is 8.96. The van der Waals surface area contributed by atoms with E-state index >= 15 is 0 Å². The molecule has 2 aromatic heterocycles. The summed E-state index contributed by atoms with van der Waals surface area (Å²) in [5.41, 5.74) is 1.60. The summed E-state index contributed by atoms with van der Waals surface area (Å²) >= 11 is 0. The number of benzene rings is 1. The third kappa shape index (κ3) is 3.30. The molecule has 2 amide bonds. The number of hydrogen-bond donors (Lipinski definition) is 1. The van der Waals surface area contributed by atoms with Crippen molar-refractivity contribution in [2.45, 2.75) is 26.3 Å². The van der Waals surface area contributed by atoms with Gasteiger partial charge in [-0.05, 0) is 25.5 Å². The minimum Gasteiger partial charge on any atom is -0.347 e. The molecular weight excluding hydrogens is 363 g/mol. The van der Waals surface area contributed by atoms with Crippen LogP contribution in [0.2, 0.25) is 0 Å². The van der Waals surface area contributed by atoms with Crippen LogP contribution in [-0.2, 0) is 4.79 Å². The van der Waals surface area contributed by atoms with E-state index in [1.807, 2.05) is 6.92 Å². The summed E-state index contributed by atoms with van der Waals surface area (Å²) in [4.78, 5) is 34.0. The second-order valence-corrected chi connectivity index (χ2v) is 6.85. The third-order valence-electron chi connectivity index (χ3n) is 4.89. The zero-order valence-corrected chi connectivity index (χ0v) is 15.5. The number of aromatic nitrogens is 4. The molecule has 1 atom stereocenters. The molecule has 0 unspecified atom stereocenters. The predicted molar refractivity (Wildman–Crippen MR) is 99.5 cm³/mol. The summed E-state index contributed by atoms with van der Waals surface area (Å²) in [7, 11) is 0. The second kappa shape index (κ2) is 6.99. The van der Waals surface area contributed by atoms with Crippen LogP contribution in [0.3, 0.4) is 0 Å². The second-order valence-electron chi connectivity index (χ2n) is 6.85. The molecule has 1 N–H and O–H groups in total. The number of nitrogens with zero attached hydrogens (tertiary/aromatic N) is 5. The van der Waals surface area contributed by atoms with E-state index in [0.717, 1.165) is 11.1 Å². The highest BCUT2D eigenvalue weighted by atomic mass is 19.1. The fraction of sp³-hybridized carbons (Fsp3) is 0.316. The van der Waals surface area contributed by atoms with Crippen LogP contribution in [0.5, 0.6) is 0 Å². The Hall–Kier alpha value is -3.36. The molecule has 8 nitrogen and oxygen atoms in total. The Morgan fingerprint density at radius 2 is 2.00 bits per heavy atom. The third-order valence-corrected chi connectivity index (χ3v) is 4.89. The van der Waals surface area contributed by atoms with Crippen molar-refractivity contribution < 1.29 is 14.0 Å². The zero-order chi connectivity index (χ0) is 19.8. The Kier molecular flexibility index (Phi) is 4.50. The smallest absolute Gasteiger partial charge is 0.254 e. The van der Waals surface area contributed by atoms with Crippen LogP contribution in [0.15, 0.2) is 30.6 Å². The number of fused-ring (bicyclic) bond motifs is 1. The van der Waals surface area contributed by atoms with E-state index in [2.05, 4.69) is 20.4 Å². The van der Waals surface area contributed by atoms with Crippen molar-refractivity contribution in [3.05, 3.63) is 47.7 Å². The maximum atomic E-state index is 13.6. The highest BCUT2D eigenvalue weighted by Gasteiger charge is 2.25. The number of likely N-dealkylation sites (tertiary alicyclic amines) is 1. The first-order valence-corrected chi connectivity index (χ1v) is 8.96. The first-order chi connectivity index (χ1) is 13.4. The van der Waals surface area contributed by atoms with Gasteiger partial charge in [0.15, 0.2) is 0 Å². The number of aryl methyl sites for hydroxylation is 1. The number of hydrogen-bond acceptors (Lipinski definition) is 5. The van der Waals surface area contributed by atoms with E-state index in [9.17, 15) is 14.0 Å². The molecule has 1 aliphatic rings. The van der Waals surface area contributed by atoms with Crippen LogP contribution in [-0.4, -0.2) is 55.6 Å². The van der Waals surface area contributed by atoms with Gasteiger partial charge in [0, 0.05) is 49.9 Å². The van der Waals surface area contributed by atoms with Crippen LogP contribution in [0, 0.1) is 12.7 Å². The quantitative estimate of drug-likeness (QED) is 0.743. The maximum Gasteiger partial charge on any atom is 0.254 e. The fourth-order valence-corrected chi connectivity index (χ4v) is 3.38. The number of halogens is 1.